The summed E-state index contributed by atoms with van der Waals surface area (Å²) in [5.41, 5.74) is 7.91. The standard InChI is InChI=1S/C25H32N4O6.2ClH/c1-27-19-12-16-10-14(5-7-21(16)30)15-6-8-22(31)17(11-15)13-20(25(34)35)29(2)24(33)18(4-3-9-26)28-23(19)32;;/h5-8,10-11,18-20,27,30-31H,3-4,9,12-13,26H2,1-2H3,(H,28,32)(H,34,35);2*1H/t18-,19-,20-;;/m0../s1. The van der Waals surface area contributed by atoms with Crippen LogP contribution in [-0.4, -0.2) is 76.8 Å². The lowest BCUT2D eigenvalue weighted by Gasteiger charge is -2.30. The van der Waals surface area contributed by atoms with E-state index in [1.807, 2.05) is 0 Å². The minimum atomic E-state index is -1.28. The molecule has 1 aliphatic rings. The number of rotatable bonds is 5. The van der Waals surface area contributed by atoms with Crippen LogP contribution in [0, 0.1) is 0 Å². The Bertz CT molecular complexity index is 1120. The summed E-state index contributed by atoms with van der Waals surface area (Å²) in [6.45, 7) is 0.294. The number of carbonyl (C=O) groups is 3. The number of aromatic hydroxyl groups is 2. The van der Waals surface area contributed by atoms with Crippen LogP contribution in [-0.2, 0) is 27.2 Å². The van der Waals surface area contributed by atoms with Gasteiger partial charge in [-0.05, 0) is 73.0 Å². The number of carboxylic acids is 1. The second-order valence-corrected chi connectivity index (χ2v) is 8.73. The van der Waals surface area contributed by atoms with E-state index in [1.165, 1.54) is 19.2 Å². The van der Waals surface area contributed by atoms with E-state index in [4.69, 9.17) is 5.73 Å². The van der Waals surface area contributed by atoms with Gasteiger partial charge >= 0.3 is 5.97 Å². The molecule has 0 saturated heterocycles. The molecule has 37 heavy (non-hydrogen) atoms. The van der Waals surface area contributed by atoms with E-state index in [-0.39, 0.29) is 55.6 Å². The van der Waals surface area contributed by atoms with Crippen molar-refractivity contribution >= 4 is 42.6 Å². The number of hydrogen-bond donors (Lipinski definition) is 6. The summed E-state index contributed by atoms with van der Waals surface area (Å²) in [5, 5.41) is 36.5. The van der Waals surface area contributed by atoms with Crippen molar-refractivity contribution in [2.75, 3.05) is 20.6 Å². The summed E-state index contributed by atoms with van der Waals surface area (Å²) in [6.07, 6.45) is 0.686. The van der Waals surface area contributed by atoms with E-state index < -0.39 is 35.9 Å². The van der Waals surface area contributed by atoms with Gasteiger partial charge in [0.05, 0.1) is 6.04 Å². The molecule has 0 aliphatic carbocycles. The fourth-order valence-electron chi connectivity index (χ4n) is 4.25. The van der Waals surface area contributed by atoms with Gasteiger partial charge in [0.25, 0.3) is 0 Å². The third-order valence-electron chi connectivity index (χ3n) is 6.41. The molecular weight excluding hydrogens is 523 g/mol. The van der Waals surface area contributed by atoms with Gasteiger partial charge in [0.2, 0.25) is 11.8 Å². The highest BCUT2D eigenvalue weighted by atomic mass is 35.5. The van der Waals surface area contributed by atoms with Crippen molar-refractivity contribution in [1.29, 1.82) is 0 Å². The molecule has 7 N–H and O–H groups in total. The van der Waals surface area contributed by atoms with Crippen LogP contribution in [0.25, 0.3) is 11.1 Å². The van der Waals surface area contributed by atoms with Gasteiger partial charge in [0, 0.05) is 19.9 Å². The van der Waals surface area contributed by atoms with Crippen LogP contribution >= 0.6 is 24.8 Å². The minimum Gasteiger partial charge on any atom is -0.508 e. The largest absolute Gasteiger partial charge is 0.508 e. The van der Waals surface area contributed by atoms with Gasteiger partial charge in [-0.25, -0.2) is 4.79 Å². The predicted octanol–water partition coefficient (Wildman–Crippen LogP) is 1.43. The topological polar surface area (TPSA) is 165 Å². The molecule has 0 fully saturated rings. The molecule has 0 saturated carbocycles. The zero-order valence-electron chi connectivity index (χ0n) is 20.6. The summed E-state index contributed by atoms with van der Waals surface area (Å²) in [7, 11) is 2.98. The number of phenols is 2. The third-order valence-corrected chi connectivity index (χ3v) is 6.41. The number of fused-ring (bicyclic) bond motifs is 5. The Kier molecular flexibility index (Phi) is 12.1. The molecular formula is C25H34Cl2N4O6. The van der Waals surface area contributed by atoms with E-state index in [0.29, 0.717) is 29.7 Å². The summed E-state index contributed by atoms with van der Waals surface area (Å²) < 4.78 is 0. The van der Waals surface area contributed by atoms with Crippen LogP contribution < -0.4 is 16.4 Å². The van der Waals surface area contributed by atoms with Crippen LogP contribution in [0.3, 0.4) is 0 Å². The van der Waals surface area contributed by atoms with Gasteiger partial charge < -0.3 is 36.6 Å². The van der Waals surface area contributed by atoms with E-state index in [0.717, 1.165) is 10.5 Å². The second-order valence-electron chi connectivity index (χ2n) is 8.73. The molecule has 4 bridgehead atoms. The molecule has 2 aromatic carbocycles. The van der Waals surface area contributed by atoms with Crippen molar-refractivity contribution in [2.24, 2.45) is 5.73 Å². The minimum absolute atomic E-state index is 0. The SMILES string of the molecule is CN[C@H]1Cc2cc(ccc2O)-c2ccc(O)c(c2)C[C@@H](C(=O)O)N(C)C(=O)[C@H](CCCN)NC1=O.Cl.Cl. The summed E-state index contributed by atoms with van der Waals surface area (Å²) in [5.74, 6) is -2.33. The van der Waals surface area contributed by atoms with Crippen molar-refractivity contribution in [3.63, 3.8) is 0 Å². The summed E-state index contributed by atoms with van der Waals surface area (Å²) in [4.78, 5) is 39.7. The number of phenolic OH excluding ortho intramolecular Hbond substituents is 2. The Balaban J connectivity index is 0.00000342. The average molecular weight is 557 g/mol. The van der Waals surface area contributed by atoms with Crippen LogP contribution in [0.5, 0.6) is 11.5 Å². The Morgan fingerprint density at radius 2 is 1.59 bits per heavy atom. The number of likely N-dealkylation sites (N-methyl/N-ethyl adjacent to an activating group) is 2. The number of carbonyl (C=O) groups excluding carboxylic acids is 2. The van der Waals surface area contributed by atoms with Gasteiger partial charge in [-0.1, -0.05) is 12.1 Å². The molecule has 0 radical (unpaired) electrons. The van der Waals surface area contributed by atoms with Gasteiger partial charge in [0.15, 0.2) is 0 Å². The molecule has 10 nitrogen and oxygen atoms in total. The summed E-state index contributed by atoms with van der Waals surface area (Å²) >= 11 is 0. The van der Waals surface area contributed by atoms with E-state index in [9.17, 15) is 29.7 Å². The number of nitrogens with zero attached hydrogens (tertiary/aromatic N) is 1. The lowest BCUT2D eigenvalue weighted by molar-refractivity contribution is -0.150. The zero-order valence-corrected chi connectivity index (χ0v) is 22.3. The first-order valence-corrected chi connectivity index (χ1v) is 11.5. The molecule has 204 valence electrons. The van der Waals surface area contributed by atoms with Crippen LogP contribution in [0.2, 0.25) is 0 Å². The Morgan fingerprint density at radius 1 is 1.05 bits per heavy atom. The van der Waals surface area contributed by atoms with Gasteiger partial charge in [-0.2, -0.15) is 0 Å². The van der Waals surface area contributed by atoms with Crippen molar-refractivity contribution in [3.8, 4) is 22.6 Å². The normalized spacial score (nSPS) is 20.0. The Hall–Kier alpha value is -3.05. The maximum atomic E-state index is 13.3. The zero-order chi connectivity index (χ0) is 25.7. The molecule has 1 aliphatic heterocycles. The molecule has 1 heterocycles. The fraction of sp³-hybridized carbons (Fsp3) is 0.400. The average Bonchev–Trinajstić information content (AvgIpc) is 2.83. The van der Waals surface area contributed by atoms with E-state index >= 15 is 0 Å². The smallest absolute Gasteiger partial charge is 0.326 e. The molecule has 0 aromatic heterocycles. The number of nitrogens with one attached hydrogen (secondary N) is 2. The lowest BCUT2D eigenvalue weighted by atomic mass is 9.95. The molecule has 0 unspecified atom stereocenters. The van der Waals surface area contributed by atoms with Gasteiger partial charge in [-0.3, -0.25) is 9.59 Å². The molecule has 2 aromatic rings. The van der Waals surface area contributed by atoms with Crippen molar-refractivity contribution in [2.45, 2.75) is 43.8 Å². The lowest BCUT2D eigenvalue weighted by Crippen LogP contribution is -2.56. The number of hydrogen-bond acceptors (Lipinski definition) is 7. The van der Waals surface area contributed by atoms with Crippen LogP contribution in [0.1, 0.15) is 24.0 Å². The number of amides is 2. The Labute approximate surface area is 228 Å². The van der Waals surface area contributed by atoms with Crippen molar-refractivity contribution < 1.29 is 29.7 Å². The monoisotopic (exact) mass is 556 g/mol. The highest BCUT2D eigenvalue weighted by molar-refractivity contribution is 5.92. The highest BCUT2D eigenvalue weighted by Crippen LogP contribution is 2.31. The third kappa shape index (κ3) is 7.48. The summed E-state index contributed by atoms with van der Waals surface area (Å²) in [6, 6.07) is 6.79. The number of aliphatic carboxylic acids is 1. The predicted molar refractivity (Wildman–Crippen MR) is 144 cm³/mol. The molecule has 0 spiro atoms. The Morgan fingerprint density at radius 3 is 2.08 bits per heavy atom. The highest BCUT2D eigenvalue weighted by Gasteiger charge is 2.34. The maximum absolute atomic E-state index is 13.3. The number of nitrogens with two attached hydrogens (primary N) is 1. The van der Waals surface area contributed by atoms with E-state index in [1.54, 1.807) is 31.3 Å². The molecule has 3 atom stereocenters. The first-order valence-electron chi connectivity index (χ1n) is 11.5. The molecule has 12 heteroatoms. The number of carboxylic acid groups (broad SMARTS) is 1. The second kappa shape index (κ2) is 14.0. The van der Waals surface area contributed by atoms with Crippen molar-refractivity contribution in [3.05, 3.63) is 47.5 Å². The van der Waals surface area contributed by atoms with Crippen LogP contribution in [0.15, 0.2) is 36.4 Å². The first-order chi connectivity index (χ1) is 16.7. The molecule has 2 amide bonds. The van der Waals surface area contributed by atoms with Crippen LogP contribution in [0.4, 0.5) is 0 Å². The quantitative estimate of drug-likeness (QED) is 0.321. The number of benzene rings is 2. The molecule has 3 rings (SSSR count). The van der Waals surface area contributed by atoms with Gasteiger partial charge in [-0.15, -0.1) is 24.8 Å². The first kappa shape index (κ1) is 32.0. The number of halogens is 2. The fourth-order valence-corrected chi connectivity index (χ4v) is 4.25. The van der Waals surface area contributed by atoms with Crippen molar-refractivity contribution in [1.82, 2.24) is 15.5 Å². The maximum Gasteiger partial charge on any atom is 0.326 e. The van der Waals surface area contributed by atoms with E-state index in [2.05, 4.69) is 10.6 Å². The van der Waals surface area contributed by atoms with Gasteiger partial charge in [0.1, 0.15) is 23.6 Å².